The van der Waals surface area contributed by atoms with Crippen molar-refractivity contribution in [1.82, 2.24) is 0 Å². The van der Waals surface area contributed by atoms with E-state index in [0.717, 1.165) is 12.1 Å². The normalized spacial score (nSPS) is 13.9. The molecule has 0 amide bonds. The number of ether oxygens (including phenoxy) is 1. The minimum Gasteiger partial charge on any atom is -0.490 e. The highest BCUT2D eigenvalue weighted by Gasteiger charge is 2.30. The van der Waals surface area contributed by atoms with E-state index in [1.165, 1.54) is 12.1 Å². The Balaban J connectivity index is 2.69. The van der Waals surface area contributed by atoms with Crippen molar-refractivity contribution in [3.63, 3.8) is 0 Å². The maximum Gasteiger partial charge on any atom is 0.416 e. The minimum atomic E-state index is -4.38. The van der Waals surface area contributed by atoms with Gasteiger partial charge in [-0.15, -0.1) is 0 Å². The fourth-order valence-corrected chi connectivity index (χ4v) is 1.81. The highest BCUT2D eigenvalue weighted by Crippen LogP contribution is 2.30. The summed E-state index contributed by atoms with van der Waals surface area (Å²) in [7, 11) is 0. The lowest BCUT2D eigenvalue weighted by molar-refractivity contribution is -0.137. The second-order valence-corrected chi connectivity index (χ2v) is 4.60. The van der Waals surface area contributed by atoms with Crippen molar-refractivity contribution in [2.75, 3.05) is 0 Å². The molecule has 0 aliphatic carbocycles. The van der Waals surface area contributed by atoms with E-state index in [9.17, 15) is 18.0 Å². The predicted molar refractivity (Wildman–Crippen MR) is 72.2 cm³/mol. The Morgan fingerprint density at radius 1 is 1.33 bits per heavy atom. The predicted octanol–water partition coefficient (Wildman–Crippen LogP) is 4.28. The van der Waals surface area contributed by atoms with Crippen LogP contribution < -0.4 is 4.74 Å². The Hall–Kier alpha value is -1.98. The average Bonchev–Trinajstić information content (AvgIpc) is 2.37. The van der Waals surface area contributed by atoms with E-state index in [4.69, 9.17) is 9.84 Å². The summed E-state index contributed by atoms with van der Waals surface area (Å²) >= 11 is 0. The molecule has 0 aliphatic heterocycles. The van der Waals surface area contributed by atoms with E-state index in [1.54, 1.807) is 13.0 Å². The Kier molecular flexibility index (Phi) is 5.81. The molecule has 1 atom stereocenters. The Bertz CT molecular complexity index is 504. The van der Waals surface area contributed by atoms with Crippen molar-refractivity contribution in [3.8, 4) is 5.75 Å². The summed E-state index contributed by atoms with van der Waals surface area (Å²) < 4.78 is 42.7. The van der Waals surface area contributed by atoms with E-state index >= 15 is 0 Å². The first-order chi connectivity index (χ1) is 9.74. The van der Waals surface area contributed by atoms with Crippen LogP contribution in [0.3, 0.4) is 0 Å². The molecule has 6 heteroatoms. The van der Waals surface area contributed by atoms with E-state index in [1.807, 2.05) is 6.92 Å². The van der Waals surface area contributed by atoms with Crippen LogP contribution in [0.4, 0.5) is 13.2 Å². The van der Waals surface area contributed by atoms with Gasteiger partial charge in [0.25, 0.3) is 0 Å². The van der Waals surface area contributed by atoms with Crippen molar-refractivity contribution < 1.29 is 27.8 Å². The molecule has 21 heavy (non-hydrogen) atoms. The Morgan fingerprint density at radius 3 is 2.33 bits per heavy atom. The first-order valence-electron chi connectivity index (χ1n) is 6.50. The molecule has 0 fully saturated rings. The summed E-state index contributed by atoms with van der Waals surface area (Å²) in [5.41, 5.74) is -0.517. The molecule has 0 aliphatic rings. The molecular weight excluding hydrogens is 285 g/mol. The number of hydrogen-bond donors (Lipinski definition) is 1. The molecule has 0 heterocycles. The topological polar surface area (TPSA) is 46.5 Å². The molecule has 0 radical (unpaired) electrons. The zero-order valence-electron chi connectivity index (χ0n) is 11.8. The van der Waals surface area contributed by atoms with Crippen LogP contribution in [0.5, 0.6) is 5.75 Å². The van der Waals surface area contributed by atoms with Gasteiger partial charge in [0.1, 0.15) is 11.9 Å². The number of hydrogen-bond acceptors (Lipinski definition) is 2. The number of rotatable bonds is 6. The number of alkyl halides is 3. The summed E-state index contributed by atoms with van der Waals surface area (Å²) in [6, 6.07) is 4.32. The maximum absolute atomic E-state index is 12.4. The van der Waals surface area contributed by atoms with E-state index < -0.39 is 23.8 Å². The summed E-state index contributed by atoms with van der Waals surface area (Å²) in [5, 5.41) is 9.00. The number of allylic oxidation sites excluding steroid dienone is 1. The molecule has 1 unspecified atom stereocenters. The zero-order chi connectivity index (χ0) is 16.0. The summed E-state index contributed by atoms with van der Waals surface area (Å²) in [4.78, 5) is 11.0. The lowest BCUT2D eigenvalue weighted by Gasteiger charge is -2.16. The van der Waals surface area contributed by atoms with E-state index in [2.05, 4.69) is 0 Å². The van der Waals surface area contributed by atoms with E-state index in [-0.39, 0.29) is 17.7 Å². The van der Waals surface area contributed by atoms with Gasteiger partial charge in [0.15, 0.2) is 0 Å². The third-order valence-corrected chi connectivity index (χ3v) is 2.75. The van der Waals surface area contributed by atoms with Gasteiger partial charge in [0.2, 0.25) is 0 Å². The van der Waals surface area contributed by atoms with Crippen LogP contribution in [0.2, 0.25) is 0 Å². The Labute approximate surface area is 121 Å². The van der Waals surface area contributed by atoms with Crippen LogP contribution in [0.25, 0.3) is 0 Å². The van der Waals surface area contributed by atoms with Crippen LogP contribution >= 0.6 is 0 Å². The molecule has 0 spiro atoms. The highest BCUT2D eigenvalue weighted by molar-refractivity contribution is 5.86. The summed E-state index contributed by atoms with van der Waals surface area (Å²) in [5.74, 6) is -0.739. The van der Waals surface area contributed by atoms with Crippen molar-refractivity contribution in [3.05, 3.63) is 41.5 Å². The summed E-state index contributed by atoms with van der Waals surface area (Å²) in [6.07, 6.45) is -2.46. The Morgan fingerprint density at radius 2 is 1.90 bits per heavy atom. The second kappa shape index (κ2) is 7.15. The van der Waals surface area contributed by atoms with Gasteiger partial charge in [-0.25, -0.2) is 4.79 Å². The largest absolute Gasteiger partial charge is 0.490 e. The van der Waals surface area contributed by atoms with Gasteiger partial charge in [0.05, 0.1) is 5.56 Å². The second-order valence-electron chi connectivity index (χ2n) is 4.60. The smallest absolute Gasteiger partial charge is 0.416 e. The molecule has 1 aromatic rings. The molecule has 1 N–H and O–H groups in total. The number of halogens is 3. The third-order valence-electron chi connectivity index (χ3n) is 2.75. The fraction of sp³-hybridized carbons (Fsp3) is 0.400. The van der Waals surface area contributed by atoms with Gasteiger partial charge in [-0.3, -0.25) is 0 Å². The van der Waals surface area contributed by atoms with Crippen LogP contribution in [0.1, 0.15) is 32.3 Å². The molecule has 0 saturated carbocycles. The average molecular weight is 302 g/mol. The van der Waals surface area contributed by atoms with Crippen molar-refractivity contribution in [2.45, 2.75) is 39.0 Å². The summed E-state index contributed by atoms with van der Waals surface area (Å²) in [6.45, 7) is 3.49. The number of carboxylic acid groups (broad SMARTS) is 1. The number of aliphatic carboxylic acids is 1. The van der Waals surface area contributed by atoms with Crippen molar-refractivity contribution in [1.29, 1.82) is 0 Å². The minimum absolute atomic E-state index is 0.185. The molecular formula is C15H17F3O3. The van der Waals surface area contributed by atoms with Crippen LogP contribution in [0, 0.1) is 0 Å². The number of benzene rings is 1. The molecule has 116 valence electrons. The molecule has 1 rings (SSSR count). The van der Waals surface area contributed by atoms with Gasteiger partial charge in [-0.2, -0.15) is 13.2 Å². The lowest BCUT2D eigenvalue weighted by atomic mass is 10.1. The monoisotopic (exact) mass is 302 g/mol. The first kappa shape index (κ1) is 17.1. The molecule has 1 aromatic carbocycles. The number of carbonyl (C=O) groups is 1. The van der Waals surface area contributed by atoms with Gasteiger partial charge < -0.3 is 9.84 Å². The van der Waals surface area contributed by atoms with Gasteiger partial charge in [-0.05, 0) is 37.6 Å². The first-order valence-corrected chi connectivity index (χ1v) is 6.50. The van der Waals surface area contributed by atoms with E-state index in [0.29, 0.717) is 6.42 Å². The van der Waals surface area contributed by atoms with Crippen LogP contribution in [0.15, 0.2) is 35.9 Å². The van der Waals surface area contributed by atoms with Crippen molar-refractivity contribution >= 4 is 5.97 Å². The van der Waals surface area contributed by atoms with Crippen LogP contribution in [-0.4, -0.2) is 17.2 Å². The van der Waals surface area contributed by atoms with Gasteiger partial charge >= 0.3 is 12.1 Å². The molecule has 3 nitrogen and oxygen atoms in total. The standard InChI is InChI=1S/C15H17F3O3/c1-3-4-11(14(19)20)9-10(2)21-13-7-5-12(6-8-13)15(16,17)18/h4-8,10H,3,9H2,1-2H3,(H,19,20). The zero-order valence-corrected chi connectivity index (χ0v) is 11.8. The maximum atomic E-state index is 12.4. The third kappa shape index (κ3) is 5.49. The van der Waals surface area contributed by atoms with Crippen molar-refractivity contribution in [2.24, 2.45) is 0 Å². The van der Waals surface area contributed by atoms with Gasteiger partial charge in [0, 0.05) is 12.0 Å². The molecule has 0 bridgehead atoms. The fourth-order valence-electron chi connectivity index (χ4n) is 1.81. The van der Waals surface area contributed by atoms with Gasteiger partial charge in [-0.1, -0.05) is 13.0 Å². The SMILES string of the molecule is CCC=C(CC(C)Oc1ccc(C(F)(F)F)cc1)C(=O)O. The van der Waals surface area contributed by atoms with Crippen LogP contribution in [-0.2, 0) is 11.0 Å². The molecule has 0 saturated heterocycles. The number of carboxylic acids is 1. The highest BCUT2D eigenvalue weighted by atomic mass is 19.4. The molecule has 0 aromatic heterocycles. The quantitative estimate of drug-likeness (QED) is 0.798. The lowest BCUT2D eigenvalue weighted by Crippen LogP contribution is -2.16.